The summed E-state index contributed by atoms with van der Waals surface area (Å²) in [4.78, 5) is 2.62. The maximum atomic E-state index is 3.51. The Bertz CT molecular complexity index is 201. The normalized spacial score (nSPS) is 37.2. The first-order valence-corrected chi connectivity index (χ1v) is 6.58. The molecule has 15 heavy (non-hydrogen) atoms. The third kappa shape index (κ3) is 2.94. The fourth-order valence-corrected chi connectivity index (χ4v) is 3.02. The molecule has 0 aromatic carbocycles. The van der Waals surface area contributed by atoms with Crippen molar-refractivity contribution in [2.75, 3.05) is 20.6 Å². The number of likely N-dealkylation sites (N-methyl/N-ethyl adjacent to an activating group) is 2. The molecule has 2 aliphatic rings. The van der Waals surface area contributed by atoms with Crippen molar-refractivity contribution in [1.29, 1.82) is 0 Å². The summed E-state index contributed by atoms with van der Waals surface area (Å²) in [5, 5.41) is 3.51. The summed E-state index contributed by atoms with van der Waals surface area (Å²) in [5.74, 6) is 1.94. The van der Waals surface area contributed by atoms with E-state index < -0.39 is 0 Å². The summed E-state index contributed by atoms with van der Waals surface area (Å²) in [6.45, 7) is 3.74. The van der Waals surface area contributed by atoms with E-state index in [1.165, 1.54) is 38.6 Å². The van der Waals surface area contributed by atoms with E-state index >= 15 is 0 Å². The smallest absolute Gasteiger partial charge is 0.0248 e. The Morgan fingerprint density at radius 3 is 2.53 bits per heavy atom. The number of hydrogen-bond donors (Lipinski definition) is 1. The molecule has 0 saturated heterocycles. The molecule has 0 aliphatic heterocycles. The summed E-state index contributed by atoms with van der Waals surface area (Å²) in [7, 11) is 4.45. The number of nitrogens with zero attached hydrogens (tertiary/aromatic N) is 1. The molecule has 0 radical (unpaired) electrons. The Morgan fingerprint density at radius 2 is 1.93 bits per heavy atom. The summed E-state index contributed by atoms with van der Waals surface area (Å²) >= 11 is 0. The van der Waals surface area contributed by atoms with Gasteiger partial charge in [-0.05, 0) is 58.0 Å². The average molecular weight is 210 g/mol. The molecule has 0 aromatic heterocycles. The predicted molar refractivity (Wildman–Crippen MR) is 65.0 cm³/mol. The minimum atomic E-state index is 0.727. The third-order valence-electron chi connectivity index (χ3n) is 4.26. The molecule has 0 bridgehead atoms. The van der Waals surface area contributed by atoms with Gasteiger partial charge in [0.25, 0.3) is 0 Å². The number of hydrogen-bond acceptors (Lipinski definition) is 2. The van der Waals surface area contributed by atoms with E-state index in [0.717, 1.165) is 23.9 Å². The third-order valence-corrected chi connectivity index (χ3v) is 4.26. The van der Waals surface area contributed by atoms with Crippen LogP contribution in [0.25, 0.3) is 0 Å². The topological polar surface area (TPSA) is 15.3 Å². The van der Waals surface area contributed by atoms with E-state index in [2.05, 4.69) is 31.2 Å². The van der Waals surface area contributed by atoms with E-state index in [1.54, 1.807) is 0 Å². The summed E-state index contributed by atoms with van der Waals surface area (Å²) in [6.07, 6.45) is 7.08. The quantitative estimate of drug-likeness (QED) is 0.764. The molecule has 2 aliphatic carbocycles. The Labute approximate surface area is 94.4 Å². The first kappa shape index (κ1) is 11.4. The Hall–Kier alpha value is -0.0800. The molecule has 0 heterocycles. The molecule has 2 fully saturated rings. The van der Waals surface area contributed by atoms with Crippen LogP contribution in [0.3, 0.4) is 0 Å². The van der Waals surface area contributed by atoms with Crippen molar-refractivity contribution in [2.45, 2.75) is 51.1 Å². The molecular weight excluding hydrogens is 184 g/mol. The highest BCUT2D eigenvalue weighted by Crippen LogP contribution is 2.33. The lowest BCUT2D eigenvalue weighted by Gasteiger charge is -2.40. The van der Waals surface area contributed by atoms with Gasteiger partial charge < -0.3 is 10.2 Å². The molecule has 0 spiro atoms. The van der Waals surface area contributed by atoms with Gasteiger partial charge in [-0.2, -0.15) is 0 Å². The standard InChI is InChI=1S/C13H26N2/c1-10-4-7-12(14-2)13(8-10)15(3)9-11-5-6-11/h10-14H,4-9H2,1-3H3. The minimum Gasteiger partial charge on any atom is -0.315 e. The van der Waals surface area contributed by atoms with Crippen LogP contribution in [0.15, 0.2) is 0 Å². The Kier molecular flexibility index (Phi) is 3.68. The lowest BCUT2D eigenvalue weighted by Crippen LogP contribution is -2.51. The van der Waals surface area contributed by atoms with Gasteiger partial charge in [0.2, 0.25) is 0 Å². The van der Waals surface area contributed by atoms with Gasteiger partial charge in [0.05, 0.1) is 0 Å². The van der Waals surface area contributed by atoms with Gasteiger partial charge >= 0.3 is 0 Å². The van der Waals surface area contributed by atoms with Crippen LogP contribution in [0.2, 0.25) is 0 Å². The number of rotatable bonds is 4. The molecule has 88 valence electrons. The second-order valence-electron chi connectivity index (χ2n) is 5.76. The molecule has 2 nitrogen and oxygen atoms in total. The molecule has 0 amide bonds. The SMILES string of the molecule is CNC1CCC(C)CC1N(C)CC1CC1. The van der Waals surface area contributed by atoms with Crippen LogP contribution in [-0.2, 0) is 0 Å². The second-order valence-corrected chi connectivity index (χ2v) is 5.76. The molecule has 2 rings (SSSR count). The zero-order valence-corrected chi connectivity index (χ0v) is 10.5. The van der Waals surface area contributed by atoms with Gasteiger partial charge in [0.1, 0.15) is 0 Å². The van der Waals surface area contributed by atoms with Crippen LogP contribution >= 0.6 is 0 Å². The largest absolute Gasteiger partial charge is 0.315 e. The first-order chi connectivity index (χ1) is 7.20. The highest BCUT2D eigenvalue weighted by molar-refractivity contribution is 4.90. The van der Waals surface area contributed by atoms with Crippen molar-refractivity contribution in [3.63, 3.8) is 0 Å². The fourth-order valence-electron chi connectivity index (χ4n) is 3.02. The zero-order chi connectivity index (χ0) is 10.8. The summed E-state index contributed by atoms with van der Waals surface area (Å²) in [5.41, 5.74) is 0. The van der Waals surface area contributed by atoms with Crippen molar-refractivity contribution in [3.05, 3.63) is 0 Å². The number of nitrogens with one attached hydrogen (secondary N) is 1. The molecule has 2 saturated carbocycles. The Morgan fingerprint density at radius 1 is 1.20 bits per heavy atom. The highest BCUT2D eigenvalue weighted by Gasteiger charge is 2.33. The van der Waals surface area contributed by atoms with Gasteiger partial charge in [-0.3, -0.25) is 0 Å². The fraction of sp³-hybridized carbons (Fsp3) is 1.00. The van der Waals surface area contributed by atoms with Crippen LogP contribution < -0.4 is 5.32 Å². The molecule has 2 heteroatoms. The van der Waals surface area contributed by atoms with Crippen molar-refractivity contribution >= 4 is 0 Å². The van der Waals surface area contributed by atoms with E-state index in [9.17, 15) is 0 Å². The van der Waals surface area contributed by atoms with Gasteiger partial charge in [0, 0.05) is 18.6 Å². The second kappa shape index (κ2) is 4.84. The van der Waals surface area contributed by atoms with E-state index in [1.807, 2.05) is 0 Å². The maximum Gasteiger partial charge on any atom is 0.0248 e. The van der Waals surface area contributed by atoms with Crippen LogP contribution in [0.4, 0.5) is 0 Å². The predicted octanol–water partition coefficient (Wildman–Crippen LogP) is 2.10. The van der Waals surface area contributed by atoms with Crippen LogP contribution in [0.1, 0.15) is 39.0 Å². The summed E-state index contributed by atoms with van der Waals surface area (Å²) < 4.78 is 0. The molecule has 3 unspecified atom stereocenters. The van der Waals surface area contributed by atoms with Crippen molar-refractivity contribution in [2.24, 2.45) is 11.8 Å². The lowest BCUT2D eigenvalue weighted by molar-refractivity contribution is 0.124. The van der Waals surface area contributed by atoms with Crippen LogP contribution in [-0.4, -0.2) is 37.6 Å². The van der Waals surface area contributed by atoms with Crippen LogP contribution in [0.5, 0.6) is 0 Å². The summed E-state index contributed by atoms with van der Waals surface area (Å²) in [6, 6.07) is 1.50. The molecule has 1 N–H and O–H groups in total. The molecule has 0 aromatic rings. The van der Waals surface area contributed by atoms with E-state index in [4.69, 9.17) is 0 Å². The highest BCUT2D eigenvalue weighted by atomic mass is 15.2. The van der Waals surface area contributed by atoms with Crippen molar-refractivity contribution in [3.8, 4) is 0 Å². The van der Waals surface area contributed by atoms with Gasteiger partial charge in [-0.25, -0.2) is 0 Å². The first-order valence-electron chi connectivity index (χ1n) is 6.58. The molecular formula is C13H26N2. The van der Waals surface area contributed by atoms with Gasteiger partial charge in [0.15, 0.2) is 0 Å². The van der Waals surface area contributed by atoms with E-state index in [0.29, 0.717) is 0 Å². The van der Waals surface area contributed by atoms with Crippen molar-refractivity contribution in [1.82, 2.24) is 10.2 Å². The zero-order valence-electron chi connectivity index (χ0n) is 10.5. The lowest BCUT2D eigenvalue weighted by atomic mass is 9.82. The van der Waals surface area contributed by atoms with Crippen LogP contribution in [0, 0.1) is 11.8 Å². The maximum absolute atomic E-state index is 3.51. The average Bonchev–Trinajstić information content (AvgIpc) is 3.01. The van der Waals surface area contributed by atoms with E-state index in [-0.39, 0.29) is 0 Å². The minimum absolute atomic E-state index is 0.727. The van der Waals surface area contributed by atoms with Crippen molar-refractivity contribution < 1.29 is 0 Å². The monoisotopic (exact) mass is 210 g/mol. The van der Waals surface area contributed by atoms with Gasteiger partial charge in [-0.1, -0.05) is 6.92 Å². The Balaban J connectivity index is 1.89. The molecule has 3 atom stereocenters. The van der Waals surface area contributed by atoms with Gasteiger partial charge in [-0.15, -0.1) is 0 Å².